The molecule has 1 atom stereocenters. The number of aryl methyl sites for hydroxylation is 2. The van der Waals surface area contributed by atoms with E-state index in [0.717, 1.165) is 5.92 Å². The largest absolute Gasteiger partial charge is 0.314 e. The lowest BCUT2D eigenvalue weighted by Gasteiger charge is -2.22. The molecule has 0 aliphatic heterocycles. The van der Waals surface area contributed by atoms with Crippen LogP contribution in [0.5, 0.6) is 0 Å². The smallest absolute Gasteiger partial charge is 0.0110 e. The first-order valence-corrected chi connectivity index (χ1v) is 9.19. The van der Waals surface area contributed by atoms with Crippen molar-refractivity contribution in [3.8, 4) is 0 Å². The molecule has 1 aromatic carbocycles. The standard InChI is InChI=1S/C20H31N/c1-2-12-21-20(14-16-6-3-4-7-16)15-17-10-11-18-8-5-9-19(18)13-17/h10-11,13,16,20-21H,2-9,12,14-15H2,1H3. The van der Waals surface area contributed by atoms with Crippen LogP contribution in [0.1, 0.15) is 68.6 Å². The van der Waals surface area contributed by atoms with Gasteiger partial charge in [-0.15, -0.1) is 0 Å². The monoisotopic (exact) mass is 285 g/mol. The van der Waals surface area contributed by atoms with E-state index in [1.807, 2.05) is 0 Å². The summed E-state index contributed by atoms with van der Waals surface area (Å²) < 4.78 is 0. The van der Waals surface area contributed by atoms with Crippen LogP contribution in [0.4, 0.5) is 0 Å². The van der Waals surface area contributed by atoms with E-state index in [-0.39, 0.29) is 0 Å². The van der Waals surface area contributed by atoms with Crippen molar-refractivity contribution >= 4 is 0 Å². The molecule has 2 aliphatic carbocycles. The second-order valence-electron chi connectivity index (χ2n) is 7.20. The highest BCUT2D eigenvalue weighted by molar-refractivity contribution is 5.35. The first kappa shape index (κ1) is 15.1. The van der Waals surface area contributed by atoms with E-state index in [0.29, 0.717) is 6.04 Å². The highest BCUT2D eigenvalue weighted by Gasteiger charge is 2.20. The molecule has 1 nitrogen and oxygen atoms in total. The summed E-state index contributed by atoms with van der Waals surface area (Å²) in [5.74, 6) is 0.980. The molecule has 116 valence electrons. The maximum atomic E-state index is 3.81. The molecule has 2 aliphatic rings. The molecule has 0 heterocycles. The van der Waals surface area contributed by atoms with Crippen LogP contribution < -0.4 is 5.32 Å². The minimum atomic E-state index is 0.688. The lowest BCUT2D eigenvalue weighted by molar-refractivity contribution is 0.385. The van der Waals surface area contributed by atoms with Gasteiger partial charge < -0.3 is 5.32 Å². The van der Waals surface area contributed by atoms with Crippen LogP contribution in [0, 0.1) is 5.92 Å². The van der Waals surface area contributed by atoms with Crippen LogP contribution in [0.2, 0.25) is 0 Å². The van der Waals surface area contributed by atoms with Gasteiger partial charge in [-0.2, -0.15) is 0 Å². The van der Waals surface area contributed by atoms with Crippen LogP contribution in [0.3, 0.4) is 0 Å². The average Bonchev–Trinajstić information content (AvgIpc) is 3.15. The van der Waals surface area contributed by atoms with E-state index in [9.17, 15) is 0 Å². The Balaban J connectivity index is 1.62. The molecule has 0 spiro atoms. The van der Waals surface area contributed by atoms with Gasteiger partial charge in [-0.25, -0.2) is 0 Å². The van der Waals surface area contributed by atoms with Crippen molar-refractivity contribution in [1.82, 2.24) is 5.32 Å². The van der Waals surface area contributed by atoms with Gasteiger partial charge in [0.1, 0.15) is 0 Å². The fraction of sp³-hybridized carbons (Fsp3) is 0.700. The first-order valence-electron chi connectivity index (χ1n) is 9.19. The van der Waals surface area contributed by atoms with Crippen molar-refractivity contribution in [3.63, 3.8) is 0 Å². The first-order chi connectivity index (χ1) is 10.3. The Morgan fingerprint density at radius 1 is 1.10 bits per heavy atom. The predicted octanol–water partition coefficient (Wildman–Crippen LogP) is 4.67. The molecule has 21 heavy (non-hydrogen) atoms. The summed E-state index contributed by atoms with van der Waals surface area (Å²) in [4.78, 5) is 0. The third kappa shape index (κ3) is 4.10. The van der Waals surface area contributed by atoms with E-state index in [4.69, 9.17) is 0 Å². The Bertz CT molecular complexity index is 445. The third-order valence-electron chi connectivity index (χ3n) is 5.42. The SMILES string of the molecule is CCCNC(Cc1ccc2c(c1)CCC2)CC1CCCC1. The van der Waals surface area contributed by atoms with Gasteiger partial charge in [0.15, 0.2) is 0 Å². The van der Waals surface area contributed by atoms with Crippen molar-refractivity contribution in [3.05, 3.63) is 34.9 Å². The summed E-state index contributed by atoms with van der Waals surface area (Å²) in [6, 6.07) is 7.97. The zero-order chi connectivity index (χ0) is 14.5. The summed E-state index contributed by atoms with van der Waals surface area (Å²) in [6.07, 6.45) is 13.7. The molecule has 0 amide bonds. The van der Waals surface area contributed by atoms with E-state index in [2.05, 4.69) is 30.4 Å². The van der Waals surface area contributed by atoms with Gasteiger partial charge in [-0.05, 0) is 67.7 Å². The van der Waals surface area contributed by atoms with E-state index >= 15 is 0 Å². The van der Waals surface area contributed by atoms with Gasteiger partial charge in [0.2, 0.25) is 0 Å². The Morgan fingerprint density at radius 2 is 1.90 bits per heavy atom. The summed E-state index contributed by atoms with van der Waals surface area (Å²) in [5, 5.41) is 3.81. The number of nitrogens with one attached hydrogen (secondary N) is 1. The summed E-state index contributed by atoms with van der Waals surface area (Å²) in [7, 11) is 0. The molecule has 1 saturated carbocycles. The number of hydrogen-bond donors (Lipinski definition) is 1. The Morgan fingerprint density at radius 3 is 2.71 bits per heavy atom. The van der Waals surface area contributed by atoms with Crippen LogP contribution in [-0.2, 0) is 19.3 Å². The topological polar surface area (TPSA) is 12.0 Å². The highest BCUT2D eigenvalue weighted by atomic mass is 14.9. The predicted molar refractivity (Wildman–Crippen MR) is 90.8 cm³/mol. The molecule has 1 aromatic rings. The number of rotatable bonds is 7. The van der Waals surface area contributed by atoms with Gasteiger partial charge in [-0.1, -0.05) is 50.8 Å². The fourth-order valence-corrected chi connectivity index (χ4v) is 4.27. The zero-order valence-electron chi connectivity index (χ0n) is 13.7. The molecule has 0 aromatic heterocycles. The quantitative estimate of drug-likeness (QED) is 0.768. The highest BCUT2D eigenvalue weighted by Crippen LogP contribution is 2.30. The lowest BCUT2D eigenvalue weighted by Crippen LogP contribution is -2.33. The maximum Gasteiger partial charge on any atom is 0.0110 e. The number of benzene rings is 1. The third-order valence-corrected chi connectivity index (χ3v) is 5.42. The second-order valence-corrected chi connectivity index (χ2v) is 7.20. The summed E-state index contributed by atoms with van der Waals surface area (Å²) >= 11 is 0. The van der Waals surface area contributed by atoms with Gasteiger partial charge >= 0.3 is 0 Å². The minimum Gasteiger partial charge on any atom is -0.314 e. The zero-order valence-corrected chi connectivity index (χ0v) is 13.7. The van der Waals surface area contributed by atoms with E-state index in [1.54, 1.807) is 16.7 Å². The fourth-order valence-electron chi connectivity index (χ4n) is 4.27. The summed E-state index contributed by atoms with van der Waals surface area (Å²) in [6.45, 7) is 3.44. The van der Waals surface area contributed by atoms with E-state index in [1.165, 1.54) is 70.8 Å². The van der Waals surface area contributed by atoms with Crippen molar-refractivity contribution in [2.45, 2.75) is 77.2 Å². The molecule has 0 bridgehead atoms. The maximum absolute atomic E-state index is 3.81. The van der Waals surface area contributed by atoms with Crippen LogP contribution in [0.15, 0.2) is 18.2 Å². The Hall–Kier alpha value is -0.820. The van der Waals surface area contributed by atoms with Gasteiger partial charge in [0.25, 0.3) is 0 Å². The second kappa shape index (κ2) is 7.45. The molecule has 1 heteroatoms. The Labute approximate surface area is 130 Å². The molecule has 1 unspecified atom stereocenters. The van der Waals surface area contributed by atoms with E-state index < -0.39 is 0 Å². The average molecular weight is 285 g/mol. The molecule has 0 radical (unpaired) electrons. The molecular formula is C20H31N. The number of fused-ring (bicyclic) bond motifs is 1. The van der Waals surface area contributed by atoms with Crippen molar-refractivity contribution < 1.29 is 0 Å². The summed E-state index contributed by atoms with van der Waals surface area (Å²) in [5.41, 5.74) is 4.79. The molecular weight excluding hydrogens is 254 g/mol. The normalized spacial score (nSPS) is 19.9. The molecule has 1 N–H and O–H groups in total. The van der Waals surface area contributed by atoms with Gasteiger partial charge in [0, 0.05) is 6.04 Å². The minimum absolute atomic E-state index is 0.688. The van der Waals surface area contributed by atoms with Crippen LogP contribution >= 0.6 is 0 Å². The van der Waals surface area contributed by atoms with Crippen molar-refractivity contribution in [2.24, 2.45) is 5.92 Å². The molecule has 1 fully saturated rings. The Kier molecular flexibility index (Phi) is 5.35. The molecule has 3 rings (SSSR count). The van der Waals surface area contributed by atoms with Crippen molar-refractivity contribution in [1.29, 1.82) is 0 Å². The van der Waals surface area contributed by atoms with Crippen LogP contribution in [-0.4, -0.2) is 12.6 Å². The van der Waals surface area contributed by atoms with Crippen molar-refractivity contribution in [2.75, 3.05) is 6.54 Å². The number of hydrogen-bond acceptors (Lipinski definition) is 1. The lowest BCUT2D eigenvalue weighted by atomic mass is 9.93. The molecule has 0 saturated heterocycles. The van der Waals surface area contributed by atoms with Gasteiger partial charge in [-0.3, -0.25) is 0 Å². The van der Waals surface area contributed by atoms with Gasteiger partial charge in [0.05, 0.1) is 0 Å². The van der Waals surface area contributed by atoms with Crippen LogP contribution in [0.25, 0.3) is 0 Å².